The molecule has 0 spiro atoms. The second kappa shape index (κ2) is 4.46. The summed E-state index contributed by atoms with van der Waals surface area (Å²) in [6, 6.07) is 19.7. The molecule has 0 saturated heterocycles. The Kier molecular flexibility index (Phi) is 2.48. The van der Waals surface area contributed by atoms with Crippen molar-refractivity contribution in [1.82, 2.24) is 4.98 Å². The van der Waals surface area contributed by atoms with Crippen molar-refractivity contribution in [2.45, 2.75) is 0 Å². The molecule has 2 aromatic heterocycles. The molecule has 4 aromatic rings. The number of hydrogen-bond acceptors (Lipinski definition) is 3. The predicted octanol–water partition coefficient (Wildman–Crippen LogP) is 4.52. The van der Waals surface area contributed by atoms with Gasteiger partial charge in [-0.05, 0) is 24.3 Å². The third-order valence-corrected chi connectivity index (χ3v) is 3.57. The lowest BCUT2D eigenvalue weighted by atomic mass is 10.1. The highest BCUT2D eigenvalue weighted by atomic mass is 16.3. The Morgan fingerprint density at radius 2 is 1.76 bits per heavy atom. The Balaban J connectivity index is 2.02. The summed E-state index contributed by atoms with van der Waals surface area (Å²) in [5, 5.41) is 11.0. The van der Waals surface area contributed by atoms with Crippen LogP contribution >= 0.6 is 0 Å². The molecule has 3 heteroatoms. The van der Waals surface area contributed by atoms with Crippen molar-refractivity contribution in [3.8, 4) is 17.3 Å². The summed E-state index contributed by atoms with van der Waals surface area (Å²) in [5.41, 5.74) is 3.99. The summed E-state index contributed by atoms with van der Waals surface area (Å²) < 4.78 is 5.99. The zero-order valence-electron chi connectivity index (χ0n) is 11.1. The van der Waals surface area contributed by atoms with Crippen LogP contribution in [0.25, 0.3) is 33.2 Å². The van der Waals surface area contributed by atoms with Gasteiger partial charge in [0.1, 0.15) is 17.2 Å². The summed E-state index contributed by atoms with van der Waals surface area (Å²) in [5.74, 6) is 0. The van der Waals surface area contributed by atoms with Gasteiger partial charge in [-0.3, -0.25) is 4.98 Å². The fourth-order valence-corrected chi connectivity index (χ4v) is 2.57. The molecular formula is C18H10N2O. The Bertz CT molecular complexity index is 991. The van der Waals surface area contributed by atoms with Gasteiger partial charge in [0.05, 0.1) is 11.3 Å². The molecule has 0 atom stereocenters. The highest BCUT2D eigenvalue weighted by Gasteiger charge is 2.12. The van der Waals surface area contributed by atoms with E-state index in [9.17, 15) is 0 Å². The summed E-state index contributed by atoms with van der Waals surface area (Å²) in [7, 11) is 0. The van der Waals surface area contributed by atoms with Crippen LogP contribution in [0.5, 0.6) is 0 Å². The van der Waals surface area contributed by atoms with E-state index in [-0.39, 0.29) is 0 Å². The van der Waals surface area contributed by atoms with Crippen molar-refractivity contribution in [3.05, 3.63) is 66.4 Å². The molecule has 0 N–H and O–H groups in total. The van der Waals surface area contributed by atoms with E-state index in [0.29, 0.717) is 5.56 Å². The van der Waals surface area contributed by atoms with Crippen LogP contribution in [-0.4, -0.2) is 4.98 Å². The smallest absolute Gasteiger partial charge is 0.144 e. The van der Waals surface area contributed by atoms with E-state index in [4.69, 9.17) is 9.68 Å². The summed E-state index contributed by atoms with van der Waals surface area (Å²) in [6.45, 7) is 0. The highest BCUT2D eigenvalue weighted by Crippen LogP contribution is 2.34. The number of nitriles is 1. The van der Waals surface area contributed by atoms with Crippen molar-refractivity contribution >= 4 is 21.9 Å². The minimum atomic E-state index is 0.551. The molecule has 0 unspecified atom stereocenters. The minimum Gasteiger partial charge on any atom is -0.455 e. The number of pyridine rings is 1. The van der Waals surface area contributed by atoms with Crippen LogP contribution in [0.2, 0.25) is 0 Å². The lowest BCUT2D eigenvalue weighted by Gasteiger charge is -2.01. The van der Waals surface area contributed by atoms with E-state index in [1.807, 2.05) is 42.5 Å². The molecule has 21 heavy (non-hydrogen) atoms. The van der Waals surface area contributed by atoms with Crippen LogP contribution < -0.4 is 0 Å². The summed E-state index contributed by atoms with van der Waals surface area (Å²) in [4.78, 5) is 4.36. The van der Waals surface area contributed by atoms with E-state index in [1.165, 1.54) is 0 Å². The van der Waals surface area contributed by atoms with E-state index in [2.05, 4.69) is 17.1 Å². The lowest BCUT2D eigenvalue weighted by molar-refractivity contribution is 0.670. The maximum atomic E-state index is 8.86. The van der Waals surface area contributed by atoms with Gasteiger partial charge < -0.3 is 4.42 Å². The Morgan fingerprint density at radius 3 is 2.57 bits per heavy atom. The predicted molar refractivity (Wildman–Crippen MR) is 81.7 cm³/mol. The maximum absolute atomic E-state index is 8.86. The van der Waals surface area contributed by atoms with Crippen molar-refractivity contribution < 1.29 is 4.42 Å². The van der Waals surface area contributed by atoms with Crippen LogP contribution in [0, 0.1) is 11.3 Å². The SMILES string of the molecule is N#Cc1ccc(-c2cccc3c2oc2ccccc23)nc1. The van der Waals surface area contributed by atoms with Crippen molar-refractivity contribution in [3.63, 3.8) is 0 Å². The van der Waals surface area contributed by atoms with Gasteiger partial charge in [0, 0.05) is 22.5 Å². The first-order chi connectivity index (χ1) is 10.4. The van der Waals surface area contributed by atoms with Crippen LogP contribution in [0.15, 0.2) is 65.2 Å². The molecular weight excluding hydrogens is 260 g/mol. The number of rotatable bonds is 1. The number of hydrogen-bond donors (Lipinski definition) is 0. The molecule has 0 radical (unpaired) electrons. The van der Waals surface area contributed by atoms with Gasteiger partial charge in [-0.25, -0.2) is 0 Å². The second-order valence-electron chi connectivity index (χ2n) is 4.82. The normalized spacial score (nSPS) is 10.8. The molecule has 0 aliphatic rings. The van der Waals surface area contributed by atoms with Gasteiger partial charge in [-0.2, -0.15) is 5.26 Å². The quantitative estimate of drug-likeness (QED) is 0.511. The van der Waals surface area contributed by atoms with E-state index < -0.39 is 0 Å². The monoisotopic (exact) mass is 270 g/mol. The molecule has 2 heterocycles. The summed E-state index contributed by atoms with van der Waals surface area (Å²) >= 11 is 0. The van der Waals surface area contributed by atoms with E-state index in [0.717, 1.165) is 33.2 Å². The number of furan rings is 1. The maximum Gasteiger partial charge on any atom is 0.144 e. The Morgan fingerprint density at radius 1 is 0.905 bits per heavy atom. The molecule has 3 nitrogen and oxygen atoms in total. The van der Waals surface area contributed by atoms with Crippen LogP contribution in [-0.2, 0) is 0 Å². The molecule has 0 aliphatic carbocycles. The van der Waals surface area contributed by atoms with Gasteiger partial charge in [0.2, 0.25) is 0 Å². The highest BCUT2D eigenvalue weighted by molar-refractivity contribution is 6.09. The van der Waals surface area contributed by atoms with E-state index in [1.54, 1.807) is 12.3 Å². The number of benzene rings is 2. The third-order valence-electron chi connectivity index (χ3n) is 3.57. The average Bonchev–Trinajstić information content (AvgIpc) is 2.94. The number of nitrogens with zero attached hydrogens (tertiary/aromatic N) is 2. The second-order valence-corrected chi connectivity index (χ2v) is 4.82. The fraction of sp³-hybridized carbons (Fsp3) is 0. The molecule has 0 fully saturated rings. The lowest BCUT2D eigenvalue weighted by Crippen LogP contribution is -1.85. The Labute approximate surface area is 121 Å². The standard InChI is InChI=1S/C18H10N2O/c19-10-12-8-9-16(20-11-12)15-6-3-5-14-13-4-1-2-7-17(13)21-18(14)15/h1-9,11H. The molecule has 0 bridgehead atoms. The summed E-state index contributed by atoms with van der Waals surface area (Å²) in [6.07, 6.45) is 1.58. The first kappa shape index (κ1) is 11.7. The zero-order chi connectivity index (χ0) is 14.2. The molecule has 98 valence electrons. The molecule has 0 amide bonds. The van der Waals surface area contributed by atoms with Crippen LogP contribution in [0.3, 0.4) is 0 Å². The largest absolute Gasteiger partial charge is 0.455 e. The number of para-hydroxylation sites is 2. The molecule has 0 aliphatic heterocycles. The number of aromatic nitrogens is 1. The van der Waals surface area contributed by atoms with Crippen molar-refractivity contribution in [1.29, 1.82) is 5.26 Å². The van der Waals surface area contributed by atoms with Crippen LogP contribution in [0.4, 0.5) is 0 Å². The van der Waals surface area contributed by atoms with Crippen LogP contribution in [0.1, 0.15) is 5.56 Å². The zero-order valence-corrected chi connectivity index (χ0v) is 11.1. The third kappa shape index (κ3) is 1.78. The molecule has 4 rings (SSSR count). The van der Waals surface area contributed by atoms with E-state index >= 15 is 0 Å². The molecule has 2 aromatic carbocycles. The van der Waals surface area contributed by atoms with Gasteiger partial charge >= 0.3 is 0 Å². The molecule has 0 saturated carbocycles. The van der Waals surface area contributed by atoms with Gasteiger partial charge in [0.25, 0.3) is 0 Å². The fourth-order valence-electron chi connectivity index (χ4n) is 2.57. The van der Waals surface area contributed by atoms with Crippen molar-refractivity contribution in [2.24, 2.45) is 0 Å². The first-order valence-corrected chi connectivity index (χ1v) is 6.63. The Hall–Kier alpha value is -3.12. The topological polar surface area (TPSA) is 49.8 Å². The van der Waals surface area contributed by atoms with Crippen molar-refractivity contribution in [2.75, 3.05) is 0 Å². The van der Waals surface area contributed by atoms with Gasteiger partial charge in [0.15, 0.2) is 0 Å². The van der Waals surface area contributed by atoms with Gasteiger partial charge in [-0.1, -0.05) is 30.3 Å². The average molecular weight is 270 g/mol. The minimum absolute atomic E-state index is 0.551. The first-order valence-electron chi connectivity index (χ1n) is 6.63. The van der Waals surface area contributed by atoms with Gasteiger partial charge in [-0.15, -0.1) is 0 Å². The number of fused-ring (bicyclic) bond motifs is 3.